The molecule has 1 atom stereocenters. The Morgan fingerprint density at radius 2 is 2.10 bits per heavy atom. The Morgan fingerprint density at radius 1 is 1.35 bits per heavy atom. The normalized spacial score (nSPS) is 12.0. The lowest BCUT2D eigenvalue weighted by Gasteiger charge is -2.15. The summed E-state index contributed by atoms with van der Waals surface area (Å²) in [6, 6.07) is 6.40. The second-order valence-electron chi connectivity index (χ2n) is 4.94. The molecule has 0 aromatic heterocycles. The monoisotopic (exact) mass is 278 g/mol. The molecule has 0 spiro atoms. The zero-order valence-electron chi connectivity index (χ0n) is 13.0. The van der Waals surface area contributed by atoms with Crippen molar-refractivity contribution in [3.63, 3.8) is 0 Å². The first-order valence-corrected chi connectivity index (χ1v) is 7.31. The van der Waals surface area contributed by atoms with Gasteiger partial charge in [-0.15, -0.1) is 0 Å². The fourth-order valence-electron chi connectivity index (χ4n) is 1.99. The standard InChI is InChI=1S/C16H26N2O2/c1-5-9-18-16(19)11-20-15-8-7-14(10-12(15)3)13(4)17-6-2/h7-8,10,13,17H,5-6,9,11H2,1-4H3,(H,18,19). The number of ether oxygens (including phenoxy) is 1. The van der Waals surface area contributed by atoms with Crippen LogP contribution in [0.25, 0.3) is 0 Å². The topological polar surface area (TPSA) is 50.4 Å². The molecule has 112 valence electrons. The van der Waals surface area contributed by atoms with Crippen molar-refractivity contribution in [1.29, 1.82) is 0 Å². The molecule has 1 aromatic rings. The van der Waals surface area contributed by atoms with Gasteiger partial charge in [0, 0.05) is 12.6 Å². The average molecular weight is 278 g/mol. The minimum Gasteiger partial charge on any atom is -0.484 e. The summed E-state index contributed by atoms with van der Waals surface area (Å²) in [6.07, 6.45) is 0.932. The highest BCUT2D eigenvalue weighted by Gasteiger charge is 2.08. The summed E-state index contributed by atoms with van der Waals surface area (Å²) in [7, 11) is 0. The molecule has 0 heterocycles. The number of carbonyl (C=O) groups excluding carboxylic acids is 1. The molecule has 4 nitrogen and oxygen atoms in total. The van der Waals surface area contributed by atoms with Crippen molar-refractivity contribution in [2.75, 3.05) is 19.7 Å². The van der Waals surface area contributed by atoms with Crippen LogP contribution in [0.1, 0.15) is 44.4 Å². The van der Waals surface area contributed by atoms with E-state index < -0.39 is 0 Å². The first-order chi connectivity index (χ1) is 9.58. The molecule has 1 unspecified atom stereocenters. The number of hydrogen-bond acceptors (Lipinski definition) is 3. The maximum atomic E-state index is 11.5. The van der Waals surface area contributed by atoms with Gasteiger partial charge < -0.3 is 15.4 Å². The van der Waals surface area contributed by atoms with Crippen molar-refractivity contribution < 1.29 is 9.53 Å². The van der Waals surface area contributed by atoms with E-state index >= 15 is 0 Å². The first kappa shape index (κ1) is 16.5. The van der Waals surface area contributed by atoms with Gasteiger partial charge in [-0.05, 0) is 44.0 Å². The molecule has 0 aliphatic rings. The fourth-order valence-corrected chi connectivity index (χ4v) is 1.99. The minimum absolute atomic E-state index is 0.0724. The van der Waals surface area contributed by atoms with Gasteiger partial charge in [0.2, 0.25) is 0 Å². The Balaban J connectivity index is 2.57. The summed E-state index contributed by atoms with van der Waals surface area (Å²) in [4.78, 5) is 11.5. The van der Waals surface area contributed by atoms with E-state index in [0.717, 1.165) is 24.3 Å². The van der Waals surface area contributed by atoms with Gasteiger partial charge in [0.25, 0.3) is 5.91 Å². The molecule has 1 rings (SSSR count). The average Bonchev–Trinajstić information content (AvgIpc) is 2.43. The van der Waals surface area contributed by atoms with E-state index in [0.29, 0.717) is 12.6 Å². The number of carbonyl (C=O) groups is 1. The van der Waals surface area contributed by atoms with Crippen LogP contribution in [0.15, 0.2) is 18.2 Å². The second-order valence-corrected chi connectivity index (χ2v) is 4.94. The number of aryl methyl sites for hydroxylation is 1. The third-order valence-electron chi connectivity index (χ3n) is 3.14. The number of amides is 1. The third kappa shape index (κ3) is 5.21. The number of rotatable bonds is 8. The Morgan fingerprint density at radius 3 is 2.70 bits per heavy atom. The van der Waals surface area contributed by atoms with Gasteiger partial charge >= 0.3 is 0 Å². The van der Waals surface area contributed by atoms with Gasteiger partial charge in [0.05, 0.1) is 0 Å². The van der Waals surface area contributed by atoms with Crippen molar-refractivity contribution in [2.24, 2.45) is 0 Å². The summed E-state index contributed by atoms with van der Waals surface area (Å²) in [5, 5.41) is 6.17. The SMILES string of the molecule is CCCNC(=O)COc1ccc(C(C)NCC)cc1C. The molecule has 1 amide bonds. The van der Waals surface area contributed by atoms with Crippen LogP contribution in [0.2, 0.25) is 0 Å². The highest BCUT2D eigenvalue weighted by atomic mass is 16.5. The lowest BCUT2D eigenvalue weighted by Crippen LogP contribution is -2.29. The smallest absolute Gasteiger partial charge is 0.257 e. The Hall–Kier alpha value is -1.55. The van der Waals surface area contributed by atoms with Crippen molar-refractivity contribution in [1.82, 2.24) is 10.6 Å². The fraction of sp³-hybridized carbons (Fsp3) is 0.562. The van der Waals surface area contributed by atoms with Crippen LogP contribution in [-0.2, 0) is 4.79 Å². The zero-order valence-corrected chi connectivity index (χ0v) is 13.0. The van der Waals surface area contributed by atoms with E-state index in [-0.39, 0.29) is 12.5 Å². The summed E-state index contributed by atoms with van der Waals surface area (Å²) in [6.45, 7) is 9.96. The van der Waals surface area contributed by atoms with E-state index in [2.05, 4.69) is 30.5 Å². The first-order valence-electron chi connectivity index (χ1n) is 7.31. The number of nitrogens with one attached hydrogen (secondary N) is 2. The molecule has 4 heteroatoms. The molecular formula is C16H26N2O2. The van der Waals surface area contributed by atoms with Gasteiger partial charge in [-0.25, -0.2) is 0 Å². The number of benzene rings is 1. The summed E-state index contributed by atoms with van der Waals surface area (Å²) < 4.78 is 5.56. The van der Waals surface area contributed by atoms with E-state index in [1.807, 2.05) is 26.0 Å². The predicted octanol–water partition coefficient (Wildman–Crippen LogP) is 2.57. The lowest BCUT2D eigenvalue weighted by atomic mass is 10.1. The van der Waals surface area contributed by atoms with Gasteiger partial charge in [0.1, 0.15) is 5.75 Å². The highest BCUT2D eigenvalue weighted by Crippen LogP contribution is 2.22. The molecule has 0 radical (unpaired) electrons. The molecule has 20 heavy (non-hydrogen) atoms. The summed E-state index contributed by atoms with van der Waals surface area (Å²) >= 11 is 0. The van der Waals surface area contributed by atoms with E-state index in [1.165, 1.54) is 5.56 Å². The van der Waals surface area contributed by atoms with Crippen LogP contribution in [0, 0.1) is 6.92 Å². The van der Waals surface area contributed by atoms with Gasteiger partial charge in [0.15, 0.2) is 6.61 Å². The number of hydrogen-bond donors (Lipinski definition) is 2. The van der Waals surface area contributed by atoms with E-state index in [1.54, 1.807) is 0 Å². The predicted molar refractivity (Wildman–Crippen MR) is 82.1 cm³/mol. The Kier molecular flexibility index (Phi) is 7.09. The van der Waals surface area contributed by atoms with Crippen LogP contribution in [0.5, 0.6) is 5.75 Å². The lowest BCUT2D eigenvalue weighted by molar-refractivity contribution is -0.123. The second kappa shape index (κ2) is 8.59. The quantitative estimate of drug-likeness (QED) is 0.768. The zero-order chi connectivity index (χ0) is 15.0. The summed E-state index contributed by atoms with van der Waals surface area (Å²) in [5.74, 6) is 0.695. The Labute approximate surface area is 121 Å². The third-order valence-corrected chi connectivity index (χ3v) is 3.14. The molecule has 0 fully saturated rings. The van der Waals surface area contributed by atoms with Gasteiger partial charge in [-0.2, -0.15) is 0 Å². The molecule has 0 aliphatic carbocycles. The molecule has 2 N–H and O–H groups in total. The van der Waals surface area contributed by atoms with E-state index in [9.17, 15) is 4.79 Å². The largest absolute Gasteiger partial charge is 0.484 e. The van der Waals surface area contributed by atoms with Crippen LogP contribution in [-0.4, -0.2) is 25.6 Å². The molecule has 0 aliphatic heterocycles. The van der Waals surface area contributed by atoms with Crippen LogP contribution >= 0.6 is 0 Å². The minimum atomic E-state index is -0.0728. The van der Waals surface area contributed by atoms with Crippen molar-refractivity contribution in [2.45, 2.75) is 40.2 Å². The molecule has 1 aromatic carbocycles. The molecule has 0 bridgehead atoms. The van der Waals surface area contributed by atoms with Crippen molar-refractivity contribution in [3.05, 3.63) is 29.3 Å². The maximum absolute atomic E-state index is 11.5. The van der Waals surface area contributed by atoms with Crippen molar-refractivity contribution >= 4 is 5.91 Å². The van der Waals surface area contributed by atoms with E-state index in [4.69, 9.17) is 4.74 Å². The molecule has 0 saturated heterocycles. The van der Waals surface area contributed by atoms with Crippen LogP contribution in [0.3, 0.4) is 0 Å². The van der Waals surface area contributed by atoms with Crippen molar-refractivity contribution in [3.8, 4) is 5.75 Å². The molecule has 0 saturated carbocycles. The van der Waals surface area contributed by atoms with Gasteiger partial charge in [-0.3, -0.25) is 4.79 Å². The van der Waals surface area contributed by atoms with Crippen LogP contribution in [0.4, 0.5) is 0 Å². The summed E-state index contributed by atoms with van der Waals surface area (Å²) in [5.41, 5.74) is 2.28. The maximum Gasteiger partial charge on any atom is 0.257 e. The highest BCUT2D eigenvalue weighted by molar-refractivity contribution is 5.77. The van der Waals surface area contributed by atoms with Gasteiger partial charge in [-0.1, -0.05) is 26.0 Å². The molecular weight excluding hydrogens is 252 g/mol. The van der Waals surface area contributed by atoms with Crippen LogP contribution < -0.4 is 15.4 Å². The Bertz CT molecular complexity index is 432.